The number of nitrogens with two attached hydrogens (primary N) is 1. The van der Waals surface area contributed by atoms with E-state index in [0.29, 0.717) is 12.4 Å². The predicted molar refractivity (Wildman–Crippen MR) is 54.9 cm³/mol. The summed E-state index contributed by atoms with van der Waals surface area (Å²) in [6, 6.07) is 3.64. The molecule has 14 heavy (non-hydrogen) atoms. The molecule has 0 aromatic carbocycles. The summed E-state index contributed by atoms with van der Waals surface area (Å²) in [6.45, 7) is 4.57. The standard InChI is InChI=1S/C10H17N3O/c1-3-4-8(2)14-10-6-5-9(7-11)12-13-10/h5-6,8H,3-4,7,11H2,1-2H3. The summed E-state index contributed by atoms with van der Waals surface area (Å²) in [5.41, 5.74) is 6.18. The van der Waals surface area contributed by atoms with E-state index >= 15 is 0 Å². The van der Waals surface area contributed by atoms with Crippen molar-refractivity contribution in [3.05, 3.63) is 17.8 Å². The van der Waals surface area contributed by atoms with E-state index in [-0.39, 0.29) is 6.10 Å². The summed E-state index contributed by atoms with van der Waals surface area (Å²) in [6.07, 6.45) is 2.33. The van der Waals surface area contributed by atoms with Crippen LogP contribution in [0.2, 0.25) is 0 Å². The number of hydrogen-bond donors (Lipinski definition) is 1. The first-order valence-electron chi connectivity index (χ1n) is 4.95. The Bertz CT molecular complexity index is 261. The van der Waals surface area contributed by atoms with Gasteiger partial charge in [-0.2, -0.15) is 5.10 Å². The third kappa shape index (κ3) is 3.30. The molecule has 1 atom stereocenters. The lowest BCUT2D eigenvalue weighted by molar-refractivity contribution is 0.199. The Balaban J connectivity index is 2.50. The Morgan fingerprint density at radius 2 is 2.21 bits per heavy atom. The SMILES string of the molecule is CCCC(C)Oc1ccc(CN)nn1. The molecule has 78 valence electrons. The number of ether oxygens (including phenoxy) is 1. The molecule has 0 aliphatic heterocycles. The van der Waals surface area contributed by atoms with E-state index in [1.165, 1.54) is 0 Å². The van der Waals surface area contributed by atoms with E-state index in [0.717, 1.165) is 18.5 Å². The maximum atomic E-state index is 5.54. The fraction of sp³-hybridized carbons (Fsp3) is 0.600. The van der Waals surface area contributed by atoms with Gasteiger partial charge in [-0.1, -0.05) is 13.3 Å². The van der Waals surface area contributed by atoms with E-state index in [1.807, 2.05) is 13.0 Å². The second kappa shape index (κ2) is 5.54. The summed E-state index contributed by atoms with van der Waals surface area (Å²) < 4.78 is 5.54. The van der Waals surface area contributed by atoms with Gasteiger partial charge in [0.2, 0.25) is 5.88 Å². The Morgan fingerprint density at radius 1 is 1.43 bits per heavy atom. The maximum Gasteiger partial charge on any atom is 0.233 e. The summed E-state index contributed by atoms with van der Waals surface area (Å²) in [5.74, 6) is 0.572. The van der Waals surface area contributed by atoms with Gasteiger partial charge in [0.05, 0.1) is 11.8 Å². The van der Waals surface area contributed by atoms with Gasteiger partial charge < -0.3 is 10.5 Å². The number of nitrogens with zero attached hydrogens (tertiary/aromatic N) is 2. The molecule has 0 bridgehead atoms. The molecule has 1 heterocycles. The molecule has 1 aromatic heterocycles. The molecule has 0 radical (unpaired) electrons. The Hall–Kier alpha value is -1.16. The first kappa shape index (κ1) is 10.9. The topological polar surface area (TPSA) is 61.0 Å². The van der Waals surface area contributed by atoms with Crippen LogP contribution < -0.4 is 10.5 Å². The lowest BCUT2D eigenvalue weighted by Crippen LogP contribution is -2.12. The largest absolute Gasteiger partial charge is 0.474 e. The van der Waals surface area contributed by atoms with Crippen LogP contribution in [0.25, 0.3) is 0 Å². The van der Waals surface area contributed by atoms with E-state index in [1.54, 1.807) is 6.07 Å². The van der Waals surface area contributed by atoms with Crippen LogP contribution in [-0.2, 0) is 6.54 Å². The Labute approximate surface area is 84.5 Å². The van der Waals surface area contributed by atoms with Gasteiger partial charge in [0.25, 0.3) is 0 Å². The molecule has 0 saturated heterocycles. The van der Waals surface area contributed by atoms with Crippen molar-refractivity contribution < 1.29 is 4.74 Å². The van der Waals surface area contributed by atoms with Crippen LogP contribution >= 0.6 is 0 Å². The van der Waals surface area contributed by atoms with Crippen LogP contribution in [0, 0.1) is 0 Å². The van der Waals surface area contributed by atoms with Gasteiger partial charge in [-0.3, -0.25) is 0 Å². The second-order valence-corrected chi connectivity index (χ2v) is 3.28. The van der Waals surface area contributed by atoms with E-state index in [2.05, 4.69) is 17.1 Å². The molecule has 2 N–H and O–H groups in total. The third-order valence-electron chi connectivity index (χ3n) is 1.92. The molecular formula is C10H17N3O. The predicted octanol–water partition coefficient (Wildman–Crippen LogP) is 1.50. The van der Waals surface area contributed by atoms with Gasteiger partial charge in [-0.25, -0.2) is 0 Å². The first-order chi connectivity index (χ1) is 6.76. The van der Waals surface area contributed by atoms with Gasteiger partial charge in [-0.05, 0) is 19.4 Å². The molecule has 0 amide bonds. The van der Waals surface area contributed by atoms with Crippen molar-refractivity contribution in [3.8, 4) is 5.88 Å². The van der Waals surface area contributed by atoms with Gasteiger partial charge in [0, 0.05) is 12.6 Å². The van der Waals surface area contributed by atoms with Crippen molar-refractivity contribution in [2.24, 2.45) is 5.73 Å². The smallest absolute Gasteiger partial charge is 0.233 e. The Kier molecular flexibility index (Phi) is 4.32. The zero-order valence-corrected chi connectivity index (χ0v) is 8.73. The fourth-order valence-electron chi connectivity index (χ4n) is 1.19. The monoisotopic (exact) mass is 195 g/mol. The maximum absolute atomic E-state index is 5.54. The van der Waals surface area contributed by atoms with Crippen molar-refractivity contribution in [1.82, 2.24) is 10.2 Å². The van der Waals surface area contributed by atoms with E-state index in [9.17, 15) is 0 Å². The van der Waals surface area contributed by atoms with Crippen molar-refractivity contribution in [3.63, 3.8) is 0 Å². The molecule has 4 nitrogen and oxygen atoms in total. The molecule has 0 aliphatic rings. The molecule has 0 spiro atoms. The molecule has 4 heteroatoms. The quantitative estimate of drug-likeness (QED) is 0.773. The van der Waals surface area contributed by atoms with Gasteiger partial charge in [0.15, 0.2) is 0 Å². The minimum atomic E-state index is 0.193. The molecule has 0 saturated carbocycles. The van der Waals surface area contributed by atoms with Crippen LogP contribution in [-0.4, -0.2) is 16.3 Å². The molecule has 1 rings (SSSR count). The van der Waals surface area contributed by atoms with Crippen LogP contribution in [0.1, 0.15) is 32.4 Å². The van der Waals surface area contributed by atoms with Crippen LogP contribution in [0.15, 0.2) is 12.1 Å². The van der Waals surface area contributed by atoms with Gasteiger partial charge in [-0.15, -0.1) is 5.10 Å². The van der Waals surface area contributed by atoms with Crippen molar-refractivity contribution in [2.45, 2.75) is 39.3 Å². The summed E-state index contributed by atoms with van der Waals surface area (Å²) in [5, 5.41) is 7.83. The van der Waals surface area contributed by atoms with Crippen LogP contribution in [0.5, 0.6) is 5.88 Å². The summed E-state index contributed by atoms with van der Waals surface area (Å²) in [4.78, 5) is 0. The molecular weight excluding hydrogens is 178 g/mol. The highest BCUT2D eigenvalue weighted by Crippen LogP contribution is 2.09. The van der Waals surface area contributed by atoms with E-state index in [4.69, 9.17) is 10.5 Å². The van der Waals surface area contributed by atoms with Gasteiger partial charge >= 0.3 is 0 Å². The average Bonchev–Trinajstić information content (AvgIpc) is 2.19. The number of aromatic nitrogens is 2. The third-order valence-corrected chi connectivity index (χ3v) is 1.92. The molecule has 0 fully saturated rings. The average molecular weight is 195 g/mol. The lowest BCUT2D eigenvalue weighted by Gasteiger charge is -2.11. The minimum Gasteiger partial charge on any atom is -0.474 e. The zero-order chi connectivity index (χ0) is 10.4. The first-order valence-corrected chi connectivity index (χ1v) is 4.95. The van der Waals surface area contributed by atoms with Crippen molar-refractivity contribution in [1.29, 1.82) is 0 Å². The van der Waals surface area contributed by atoms with E-state index < -0.39 is 0 Å². The number of rotatable bonds is 5. The summed E-state index contributed by atoms with van der Waals surface area (Å²) >= 11 is 0. The minimum absolute atomic E-state index is 0.193. The highest BCUT2D eigenvalue weighted by Gasteiger charge is 2.03. The lowest BCUT2D eigenvalue weighted by atomic mass is 10.2. The second-order valence-electron chi connectivity index (χ2n) is 3.28. The highest BCUT2D eigenvalue weighted by atomic mass is 16.5. The van der Waals surface area contributed by atoms with Crippen LogP contribution in [0.3, 0.4) is 0 Å². The van der Waals surface area contributed by atoms with Crippen molar-refractivity contribution >= 4 is 0 Å². The fourth-order valence-corrected chi connectivity index (χ4v) is 1.19. The van der Waals surface area contributed by atoms with Gasteiger partial charge in [0.1, 0.15) is 0 Å². The van der Waals surface area contributed by atoms with Crippen molar-refractivity contribution in [2.75, 3.05) is 0 Å². The van der Waals surface area contributed by atoms with Crippen LogP contribution in [0.4, 0.5) is 0 Å². The molecule has 1 aromatic rings. The molecule has 0 aliphatic carbocycles. The summed E-state index contributed by atoms with van der Waals surface area (Å²) in [7, 11) is 0. The molecule has 1 unspecified atom stereocenters. The zero-order valence-electron chi connectivity index (χ0n) is 8.73. The Morgan fingerprint density at radius 3 is 2.71 bits per heavy atom. The normalized spacial score (nSPS) is 12.5. The highest BCUT2D eigenvalue weighted by molar-refractivity contribution is 5.11. The number of hydrogen-bond acceptors (Lipinski definition) is 4.